The van der Waals surface area contributed by atoms with E-state index in [0.29, 0.717) is 5.37 Å². The van der Waals surface area contributed by atoms with E-state index < -0.39 is 0 Å². The Hall–Kier alpha value is -0.540. The lowest BCUT2D eigenvalue weighted by Crippen LogP contribution is -2.21. The molecule has 2 rings (SSSR count). The fourth-order valence-electron chi connectivity index (χ4n) is 1.43. The fraction of sp³-hybridized carbons (Fsp3) is 0.300. The minimum atomic E-state index is 0.425. The van der Waals surface area contributed by atoms with Gasteiger partial charge < -0.3 is 4.90 Å². The topological polar surface area (TPSA) is 3.24 Å². The lowest BCUT2D eigenvalue weighted by Gasteiger charge is -2.20. The minimum absolute atomic E-state index is 0.425. The van der Waals surface area contributed by atoms with Crippen LogP contribution in [0.1, 0.15) is 10.9 Å². The van der Waals surface area contributed by atoms with E-state index in [0.717, 1.165) is 10.7 Å². The lowest BCUT2D eigenvalue weighted by molar-refractivity contribution is 0.507. The number of rotatable bonds is 1. The third-order valence-corrected chi connectivity index (χ3v) is 4.15. The maximum absolute atomic E-state index is 5.22. The van der Waals surface area contributed by atoms with Gasteiger partial charge >= 0.3 is 0 Å². The fourth-order valence-corrected chi connectivity index (χ4v) is 3.01. The highest BCUT2D eigenvalue weighted by atomic mass is 32.2. The summed E-state index contributed by atoms with van der Waals surface area (Å²) in [5.41, 5.74) is 1.34. The van der Waals surface area contributed by atoms with Crippen molar-refractivity contribution in [3.63, 3.8) is 0 Å². The van der Waals surface area contributed by atoms with Gasteiger partial charge in [0.1, 0.15) is 5.37 Å². The first-order chi connectivity index (χ1) is 6.29. The normalized spacial score (nSPS) is 22.4. The van der Waals surface area contributed by atoms with Gasteiger partial charge in [-0.25, -0.2) is 0 Å². The van der Waals surface area contributed by atoms with E-state index >= 15 is 0 Å². The van der Waals surface area contributed by atoms with Crippen molar-refractivity contribution < 1.29 is 0 Å². The monoisotopic (exact) mass is 209 g/mol. The molecule has 0 unspecified atom stereocenters. The minimum Gasteiger partial charge on any atom is -0.352 e. The highest BCUT2D eigenvalue weighted by molar-refractivity contribution is 8.02. The van der Waals surface area contributed by atoms with Gasteiger partial charge in [-0.3, -0.25) is 0 Å². The van der Waals surface area contributed by atoms with Crippen LogP contribution in [0.4, 0.5) is 0 Å². The Morgan fingerprint density at radius 1 is 1.38 bits per heavy atom. The van der Waals surface area contributed by atoms with Gasteiger partial charge in [-0.15, -0.1) is 11.8 Å². The summed E-state index contributed by atoms with van der Waals surface area (Å²) in [4.78, 5) is 3.23. The van der Waals surface area contributed by atoms with Crippen molar-refractivity contribution >= 4 is 29.0 Å². The van der Waals surface area contributed by atoms with Crippen molar-refractivity contribution in [1.82, 2.24) is 4.90 Å². The Bertz CT molecular complexity index is 310. The molecule has 0 saturated carbocycles. The molecule has 68 valence electrons. The number of thiocarbonyl (C=S) groups is 1. The molecule has 1 aromatic carbocycles. The van der Waals surface area contributed by atoms with E-state index in [4.69, 9.17) is 12.2 Å². The van der Waals surface area contributed by atoms with E-state index in [1.54, 1.807) is 0 Å². The predicted octanol–water partition coefficient (Wildman–Crippen LogP) is 2.69. The summed E-state index contributed by atoms with van der Waals surface area (Å²) in [5, 5.41) is 0.425. The molecule has 1 aliphatic heterocycles. The van der Waals surface area contributed by atoms with Gasteiger partial charge in [-0.2, -0.15) is 0 Å². The van der Waals surface area contributed by atoms with E-state index in [-0.39, 0.29) is 0 Å². The predicted molar refractivity (Wildman–Crippen MR) is 62.0 cm³/mol. The molecule has 0 amide bonds. The number of benzene rings is 1. The Balaban J connectivity index is 2.24. The number of thioether (sulfide) groups is 1. The molecule has 1 aromatic rings. The van der Waals surface area contributed by atoms with Gasteiger partial charge in [0.05, 0.1) is 4.99 Å². The van der Waals surface area contributed by atoms with Crippen molar-refractivity contribution in [2.24, 2.45) is 0 Å². The van der Waals surface area contributed by atoms with Gasteiger partial charge in [0.2, 0.25) is 0 Å². The number of nitrogens with zero attached hydrogens (tertiary/aromatic N) is 1. The summed E-state index contributed by atoms with van der Waals surface area (Å²) >= 11 is 7.12. The molecule has 1 nitrogen and oxygen atoms in total. The quantitative estimate of drug-likeness (QED) is 0.655. The average molecular weight is 209 g/mol. The van der Waals surface area contributed by atoms with Crippen molar-refractivity contribution in [1.29, 1.82) is 0 Å². The van der Waals surface area contributed by atoms with Crippen LogP contribution in [0.3, 0.4) is 0 Å². The maximum Gasteiger partial charge on any atom is 0.101 e. The second-order valence-electron chi connectivity index (χ2n) is 3.08. The molecule has 1 atom stereocenters. The van der Waals surface area contributed by atoms with Crippen LogP contribution in [-0.4, -0.2) is 22.7 Å². The molecule has 0 aliphatic carbocycles. The van der Waals surface area contributed by atoms with Crippen LogP contribution in [0, 0.1) is 0 Å². The smallest absolute Gasteiger partial charge is 0.101 e. The summed E-state index contributed by atoms with van der Waals surface area (Å²) in [6.07, 6.45) is 0. The lowest BCUT2D eigenvalue weighted by atomic mass is 10.2. The second-order valence-corrected chi connectivity index (χ2v) is 4.62. The van der Waals surface area contributed by atoms with E-state index in [9.17, 15) is 0 Å². The molecule has 1 aliphatic rings. The molecule has 3 heteroatoms. The summed E-state index contributed by atoms with van der Waals surface area (Å²) in [7, 11) is 2.07. The van der Waals surface area contributed by atoms with Crippen molar-refractivity contribution in [2.45, 2.75) is 5.37 Å². The molecule has 13 heavy (non-hydrogen) atoms. The van der Waals surface area contributed by atoms with E-state index in [2.05, 4.69) is 36.2 Å². The Morgan fingerprint density at radius 3 is 2.62 bits per heavy atom. The van der Waals surface area contributed by atoms with Crippen LogP contribution in [0.15, 0.2) is 30.3 Å². The van der Waals surface area contributed by atoms with Crippen LogP contribution in [-0.2, 0) is 0 Å². The van der Waals surface area contributed by atoms with E-state index in [1.807, 2.05) is 17.8 Å². The molecule has 0 radical (unpaired) electrons. The molecule has 1 fully saturated rings. The van der Waals surface area contributed by atoms with Crippen LogP contribution in [0.25, 0.3) is 0 Å². The third kappa shape index (κ3) is 1.71. The van der Waals surface area contributed by atoms with Crippen LogP contribution >= 0.6 is 24.0 Å². The zero-order chi connectivity index (χ0) is 9.26. The highest BCUT2D eigenvalue weighted by Gasteiger charge is 2.26. The summed E-state index contributed by atoms with van der Waals surface area (Å²) in [5.74, 6) is 0.978. The molecule has 0 aromatic heterocycles. The van der Waals surface area contributed by atoms with Gasteiger partial charge in [-0.1, -0.05) is 42.5 Å². The van der Waals surface area contributed by atoms with Crippen LogP contribution in [0.5, 0.6) is 0 Å². The molecule has 0 bridgehead atoms. The van der Waals surface area contributed by atoms with Gasteiger partial charge in [-0.05, 0) is 5.56 Å². The largest absolute Gasteiger partial charge is 0.352 e. The molecule has 0 N–H and O–H groups in total. The average Bonchev–Trinajstić information content (AvgIpc) is 2.49. The molecule has 0 spiro atoms. The van der Waals surface area contributed by atoms with Gasteiger partial charge in [0, 0.05) is 12.8 Å². The zero-order valence-electron chi connectivity index (χ0n) is 7.43. The molecular weight excluding hydrogens is 198 g/mol. The van der Waals surface area contributed by atoms with E-state index in [1.165, 1.54) is 5.56 Å². The van der Waals surface area contributed by atoms with Crippen molar-refractivity contribution in [3.8, 4) is 0 Å². The van der Waals surface area contributed by atoms with Crippen LogP contribution in [0.2, 0.25) is 0 Å². The first-order valence-corrected chi connectivity index (χ1v) is 5.67. The Labute approximate surface area is 88.1 Å². The standard InChI is InChI=1S/C10H11NS2/c1-11-9(12)7-13-10(11)8-5-3-2-4-6-8/h2-6,10H,7H2,1H3/t10-/m0/s1. The molecular formula is C10H11NS2. The van der Waals surface area contributed by atoms with Crippen molar-refractivity contribution in [3.05, 3.63) is 35.9 Å². The Morgan fingerprint density at radius 2 is 2.08 bits per heavy atom. The molecule has 1 saturated heterocycles. The first-order valence-electron chi connectivity index (χ1n) is 4.21. The summed E-state index contributed by atoms with van der Waals surface area (Å²) < 4.78 is 0. The SMILES string of the molecule is CN1C(=S)CS[C@H]1c1ccccc1. The third-order valence-electron chi connectivity index (χ3n) is 2.19. The Kier molecular flexibility index (Phi) is 2.56. The second kappa shape index (κ2) is 3.68. The van der Waals surface area contributed by atoms with Gasteiger partial charge in [0.15, 0.2) is 0 Å². The number of hydrogen-bond donors (Lipinski definition) is 0. The first kappa shape index (κ1) is 9.03. The van der Waals surface area contributed by atoms with Crippen LogP contribution < -0.4 is 0 Å². The highest BCUT2D eigenvalue weighted by Crippen LogP contribution is 2.37. The number of hydrogen-bond acceptors (Lipinski definition) is 2. The maximum atomic E-state index is 5.22. The van der Waals surface area contributed by atoms with Crippen molar-refractivity contribution in [2.75, 3.05) is 12.8 Å². The zero-order valence-corrected chi connectivity index (χ0v) is 9.07. The molecule has 1 heterocycles. The van der Waals surface area contributed by atoms with Gasteiger partial charge in [0.25, 0.3) is 0 Å². The summed E-state index contributed by atoms with van der Waals surface area (Å²) in [6, 6.07) is 10.5. The summed E-state index contributed by atoms with van der Waals surface area (Å²) in [6.45, 7) is 0.